The van der Waals surface area contributed by atoms with Crippen LogP contribution in [0.2, 0.25) is 0 Å². The van der Waals surface area contributed by atoms with Crippen LogP contribution in [0.4, 0.5) is 0 Å². The van der Waals surface area contributed by atoms with Gasteiger partial charge in [-0.05, 0) is 12.1 Å². The first-order valence-corrected chi connectivity index (χ1v) is 4.35. The first-order chi connectivity index (χ1) is 5.38. The van der Waals surface area contributed by atoms with Gasteiger partial charge in [0.15, 0.2) is 0 Å². The van der Waals surface area contributed by atoms with Crippen LogP contribution in [0.3, 0.4) is 0 Å². The normalized spacial score (nSPS) is 23.0. The van der Waals surface area contributed by atoms with Crippen molar-refractivity contribution in [2.24, 2.45) is 5.10 Å². The van der Waals surface area contributed by atoms with Gasteiger partial charge >= 0.3 is 0 Å². The topological polar surface area (TPSA) is 28.7 Å². The van der Waals surface area contributed by atoms with Crippen molar-refractivity contribution < 1.29 is 4.42 Å². The maximum absolute atomic E-state index is 5.26. The molecule has 0 spiro atoms. The summed E-state index contributed by atoms with van der Waals surface area (Å²) >= 11 is 2.17. The summed E-state index contributed by atoms with van der Waals surface area (Å²) in [6.07, 6.45) is 4.54. The second-order valence-electron chi connectivity index (χ2n) is 2.35. The molecule has 0 bridgehead atoms. The highest BCUT2D eigenvalue weighted by atomic mass is 127. The number of nitrogens with zero attached hydrogens (tertiary/aromatic N) is 2. The van der Waals surface area contributed by atoms with Crippen molar-refractivity contribution in [1.29, 1.82) is 0 Å². The molecule has 0 N–H and O–H groups in total. The Morgan fingerprint density at radius 1 is 1.73 bits per heavy atom. The summed E-state index contributed by atoms with van der Waals surface area (Å²) in [4.78, 5) is 0. The van der Waals surface area contributed by atoms with Gasteiger partial charge in [-0.15, -0.1) is 0 Å². The van der Waals surface area contributed by atoms with Crippen molar-refractivity contribution in [3.05, 3.63) is 24.2 Å². The highest BCUT2D eigenvalue weighted by Gasteiger charge is 2.22. The maximum Gasteiger partial charge on any atom is 0.129 e. The van der Waals surface area contributed by atoms with Gasteiger partial charge < -0.3 is 4.42 Å². The number of halogens is 1. The van der Waals surface area contributed by atoms with E-state index in [1.165, 1.54) is 0 Å². The second kappa shape index (κ2) is 2.84. The van der Waals surface area contributed by atoms with E-state index in [9.17, 15) is 0 Å². The van der Waals surface area contributed by atoms with E-state index in [-0.39, 0.29) is 0 Å². The molecule has 3 nitrogen and oxygen atoms in total. The van der Waals surface area contributed by atoms with Gasteiger partial charge in [-0.25, -0.2) is 3.22 Å². The molecule has 11 heavy (non-hydrogen) atoms. The zero-order valence-electron chi connectivity index (χ0n) is 5.77. The largest absolute Gasteiger partial charge is 0.467 e. The number of hydrazone groups is 1. The van der Waals surface area contributed by atoms with E-state index in [4.69, 9.17) is 4.42 Å². The Balaban J connectivity index is 2.19. The molecule has 4 heteroatoms. The van der Waals surface area contributed by atoms with Crippen molar-refractivity contribution in [3.8, 4) is 0 Å². The molecular weight excluding hydrogens is 255 g/mol. The Morgan fingerprint density at radius 3 is 3.18 bits per heavy atom. The Morgan fingerprint density at radius 2 is 2.64 bits per heavy atom. The van der Waals surface area contributed by atoms with Crippen LogP contribution in [-0.2, 0) is 0 Å². The van der Waals surface area contributed by atoms with E-state index in [1.807, 2.05) is 21.6 Å². The van der Waals surface area contributed by atoms with Crippen LogP contribution < -0.4 is 0 Å². The molecule has 1 aliphatic rings. The van der Waals surface area contributed by atoms with Crippen molar-refractivity contribution in [3.63, 3.8) is 0 Å². The lowest BCUT2D eigenvalue weighted by molar-refractivity contribution is 0.369. The molecule has 2 rings (SSSR count). The predicted molar refractivity (Wildman–Crippen MR) is 50.4 cm³/mol. The Hall–Kier alpha value is -0.520. The summed E-state index contributed by atoms with van der Waals surface area (Å²) in [6.45, 7) is 0. The van der Waals surface area contributed by atoms with Gasteiger partial charge in [-0.1, -0.05) is 0 Å². The molecule has 0 saturated heterocycles. The minimum atomic E-state index is 0.297. The Kier molecular flexibility index (Phi) is 1.85. The van der Waals surface area contributed by atoms with Crippen LogP contribution in [0.5, 0.6) is 0 Å². The molecule has 1 aliphatic heterocycles. The summed E-state index contributed by atoms with van der Waals surface area (Å²) in [5.41, 5.74) is 0. The number of hydrogen-bond donors (Lipinski definition) is 0. The van der Waals surface area contributed by atoms with E-state index < -0.39 is 0 Å². The van der Waals surface area contributed by atoms with Gasteiger partial charge in [0, 0.05) is 12.6 Å². The molecule has 1 unspecified atom stereocenters. The molecule has 1 aromatic heterocycles. The predicted octanol–water partition coefficient (Wildman–Crippen LogP) is 2.36. The van der Waals surface area contributed by atoms with Crippen LogP contribution in [0.1, 0.15) is 18.2 Å². The monoisotopic (exact) mass is 262 g/mol. The van der Waals surface area contributed by atoms with Crippen LogP contribution >= 0.6 is 22.9 Å². The van der Waals surface area contributed by atoms with E-state index in [2.05, 4.69) is 28.0 Å². The Bertz CT molecular complexity index is 257. The lowest BCUT2D eigenvalue weighted by Crippen LogP contribution is -2.06. The van der Waals surface area contributed by atoms with Crippen molar-refractivity contribution in [1.82, 2.24) is 3.22 Å². The minimum absolute atomic E-state index is 0.297. The van der Waals surface area contributed by atoms with Gasteiger partial charge in [0.2, 0.25) is 0 Å². The third kappa shape index (κ3) is 1.26. The van der Waals surface area contributed by atoms with Crippen LogP contribution in [0.25, 0.3) is 0 Å². The molecule has 1 aromatic rings. The third-order valence-corrected chi connectivity index (χ3v) is 2.57. The standard InChI is InChI=1S/C7H7IN2O/c8-10-6(3-4-9-10)7-2-1-5-11-7/h1-2,4-6H,3H2. The van der Waals surface area contributed by atoms with Gasteiger partial charge in [0.25, 0.3) is 0 Å². The van der Waals surface area contributed by atoms with E-state index >= 15 is 0 Å². The smallest absolute Gasteiger partial charge is 0.129 e. The molecule has 0 amide bonds. The molecule has 0 fully saturated rings. The zero-order chi connectivity index (χ0) is 7.68. The SMILES string of the molecule is IN1N=CCC1c1ccco1. The number of hydrogen-bond acceptors (Lipinski definition) is 3. The highest BCUT2D eigenvalue weighted by Crippen LogP contribution is 2.30. The fourth-order valence-electron chi connectivity index (χ4n) is 1.09. The molecule has 1 atom stereocenters. The summed E-state index contributed by atoms with van der Waals surface area (Å²) in [5.74, 6) is 0.983. The number of rotatable bonds is 1. The Labute approximate surface area is 78.6 Å². The molecule has 58 valence electrons. The quantitative estimate of drug-likeness (QED) is 0.574. The van der Waals surface area contributed by atoms with Crippen LogP contribution in [0.15, 0.2) is 27.9 Å². The third-order valence-electron chi connectivity index (χ3n) is 1.65. The molecule has 2 heterocycles. The van der Waals surface area contributed by atoms with Crippen LogP contribution in [-0.4, -0.2) is 9.44 Å². The van der Waals surface area contributed by atoms with Gasteiger partial charge in [-0.2, -0.15) is 5.10 Å². The van der Waals surface area contributed by atoms with E-state index in [0.717, 1.165) is 12.2 Å². The highest BCUT2D eigenvalue weighted by molar-refractivity contribution is 14.1. The first kappa shape index (κ1) is 7.15. The van der Waals surface area contributed by atoms with Gasteiger partial charge in [0.1, 0.15) is 11.8 Å². The van der Waals surface area contributed by atoms with Crippen molar-refractivity contribution in [2.45, 2.75) is 12.5 Å². The van der Waals surface area contributed by atoms with Crippen LogP contribution in [0, 0.1) is 0 Å². The number of furan rings is 1. The average Bonchev–Trinajstić information content (AvgIpc) is 2.55. The molecule has 0 radical (unpaired) electrons. The lowest BCUT2D eigenvalue weighted by atomic mass is 10.2. The lowest BCUT2D eigenvalue weighted by Gasteiger charge is -2.12. The summed E-state index contributed by atoms with van der Waals surface area (Å²) in [7, 11) is 0. The fraction of sp³-hybridized carbons (Fsp3) is 0.286. The summed E-state index contributed by atoms with van der Waals surface area (Å²) < 4.78 is 7.15. The summed E-state index contributed by atoms with van der Waals surface area (Å²) in [5, 5.41) is 4.11. The molecule has 0 aliphatic carbocycles. The average molecular weight is 262 g/mol. The van der Waals surface area contributed by atoms with Crippen molar-refractivity contribution >= 4 is 29.1 Å². The molecular formula is C7H7IN2O. The van der Waals surface area contributed by atoms with Crippen molar-refractivity contribution in [2.75, 3.05) is 0 Å². The van der Waals surface area contributed by atoms with E-state index in [1.54, 1.807) is 6.26 Å². The summed E-state index contributed by atoms with van der Waals surface area (Å²) in [6, 6.07) is 4.17. The first-order valence-electron chi connectivity index (χ1n) is 3.39. The molecule has 0 aromatic carbocycles. The van der Waals surface area contributed by atoms with E-state index in [0.29, 0.717) is 6.04 Å². The van der Waals surface area contributed by atoms with Gasteiger partial charge in [-0.3, -0.25) is 0 Å². The maximum atomic E-state index is 5.26. The zero-order valence-corrected chi connectivity index (χ0v) is 7.93. The fourth-order valence-corrected chi connectivity index (χ4v) is 1.77. The van der Waals surface area contributed by atoms with Gasteiger partial charge in [0.05, 0.1) is 29.1 Å². The minimum Gasteiger partial charge on any atom is -0.467 e. The molecule has 0 saturated carbocycles. The second-order valence-corrected chi connectivity index (χ2v) is 3.34.